The lowest BCUT2D eigenvalue weighted by atomic mass is 10.1. The Morgan fingerprint density at radius 2 is 1.83 bits per heavy atom. The molecule has 1 aliphatic rings. The van der Waals surface area contributed by atoms with Crippen molar-refractivity contribution in [3.63, 3.8) is 0 Å². The van der Waals surface area contributed by atoms with Crippen LogP contribution in [0.1, 0.15) is 0 Å². The smallest absolute Gasteiger partial charge is 0.0938 e. The molecule has 18 heavy (non-hydrogen) atoms. The van der Waals surface area contributed by atoms with E-state index in [-0.39, 0.29) is 0 Å². The summed E-state index contributed by atoms with van der Waals surface area (Å²) in [4.78, 5) is 8.43. The molecule has 0 saturated carbocycles. The molecule has 2 heterocycles. The third kappa shape index (κ3) is 2.07. The first-order chi connectivity index (χ1) is 8.83. The van der Waals surface area contributed by atoms with Crippen LogP contribution in [0.25, 0.3) is 11.1 Å². The minimum Gasteiger partial charge on any atom is -0.361 e. The van der Waals surface area contributed by atoms with Crippen LogP contribution in [-0.2, 0) is 0 Å². The summed E-state index contributed by atoms with van der Waals surface area (Å²) < 4.78 is 0. The maximum Gasteiger partial charge on any atom is 0.0938 e. The van der Waals surface area contributed by atoms with E-state index in [0.29, 0.717) is 0 Å². The highest BCUT2D eigenvalue weighted by Crippen LogP contribution is 2.25. The molecule has 90 valence electrons. The van der Waals surface area contributed by atoms with Gasteiger partial charge in [-0.3, -0.25) is 4.98 Å². The topological polar surface area (TPSA) is 19.4 Å². The Morgan fingerprint density at radius 3 is 2.56 bits per heavy atom. The summed E-state index contributed by atoms with van der Waals surface area (Å²) >= 11 is 0. The van der Waals surface area contributed by atoms with Gasteiger partial charge in [0.2, 0.25) is 0 Å². The predicted octanol–water partition coefficient (Wildman–Crippen LogP) is 2.93. The average Bonchev–Trinajstić information content (AvgIpc) is 2.87. The van der Waals surface area contributed by atoms with E-state index in [2.05, 4.69) is 58.5 Å². The van der Waals surface area contributed by atoms with Crippen molar-refractivity contribution in [2.45, 2.75) is 0 Å². The minimum absolute atomic E-state index is 0.903. The number of hydrogen-bond donors (Lipinski definition) is 0. The van der Waals surface area contributed by atoms with Gasteiger partial charge in [0.15, 0.2) is 0 Å². The number of pyridine rings is 1. The van der Waals surface area contributed by atoms with Crippen molar-refractivity contribution in [3.05, 3.63) is 61.2 Å². The molecular formula is C15H15N3. The molecule has 3 nitrogen and oxygen atoms in total. The van der Waals surface area contributed by atoms with E-state index in [0.717, 1.165) is 6.67 Å². The standard InChI is InChI=1S/C15H15N3/c1-17-9-10-18(12-17)15-4-2-3-14(11-15)13-5-7-16-8-6-13/h2-11H,12H2,1H3. The van der Waals surface area contributed by atoms with E-state index in [4.69, 9.17) is 0 Å². The summed E-state index contributed by atoms with van der Waals surface area (Å²) in [6, 6.07) is 12.6. The van der Waals surface area contributed by atoms with Crippen LogP contribution in [0.3, 0.4) is 0 Å². The fourth-order valence-corrected chi connectivity index (χ4v) is 2.11. The predicted molar refractivity (Wildman–Crippen MR) is 73.9 cm³/mol. The Labute approximate surface area is 107 Å². The van der Waals surface area contributed by atoms with Gasteiger partial charge in [-0.15, -0.1) is 0 Å². The lowest BCUT2D eigenvalue weighted by Gasteiger charge is -2.18. The molecule has 3 heteroatoms. The van der Waals surface area contributed by atoms with Crippen LogP contribution < -0.4 is 4.90 Å². The first-order valence-corrected chi connectivity index (χ1v) is 5.98. The fraction of sp³-hybridized carbons (Fsp3) is 0.133. The second-order valence-electron chi connectivity index (χ2n) is 4.45. The third-order valence-corrected chi connectivity index (χ3v) is 3.07. The molecule has 1 aromatic heterocycles. The number of benzene rings is 1. The lowest BCUT2D eigenvalue weighted by Crippen LogP contribution is -2.21. The normalized spacial score (nSPS) is 14.3. The van der Waals surface area contributed by atoms with E-state index >= 15 is 0 Å². The number of anilines is 1. The number of hydrogen-bond acceptors (Lipinski definition) is 3. The van der Waals surface area contributed by atoms with Crippen molar-refractivity contribution in [2.24, 2.45) is 0 Å². The van der Waals surface area contributed by atoms with Crippen LogP contribution >= 0.6 is 0 Å². The average molecular weight is 237 g/mol. The Bertz CT molecular complexity index is 563. The molecule has 0 unspecified atom stereocenters. The van der Waals surface area contributed by atoms with Gasteiger partial charge in [0.25, 0.3) is 0 Å². The Morgan fingerprint density at radius 1 is 1.00 bits per heavy atom. The molecule has 0 atom stereocenters. The van der Waals surface area contributed by atoms with E-state index in [1.165, 1.54) is 16.8 Å². The monoisotopic (exact) mass is 237 g/mol. The van der Waals surface area contributed by atoms with Crippen LogP contribution in [0.4, 0.5) is 5.69 Å². The molecule has 0 radical (unpaired) electrons. The molecule has 0 amide bonds. The number of aromatic nitrogens is 1. The quantitative estimate of drug-likeness (QED) is 0.800. The first kappa shape index (κ1) is 10.8. The lowest BCUT2D eigenvalue weighted by molar-refractivity contribution is 0.496. The van der Waals surface area contributed by atoms with Gasteiger partial charge < -0.3 is 9.80 Å². The second-order valence-corrected chi connectivity index (χ2v) is 4.45. The molecular weight excluding hydrogens is 222 g/mol. The number of rotatable bonds is 2. The maximum absolute atomic E-state index is 4.05. The summed E-state index contributed by atoms with van der Waals surface area (Å²) in [5.74, 6) is 0. The van der Waals surface area contributed by atoms with E-state index in [1.54, 1.807) is 0 Å². The molecule has 1 aliphatic heterocycles. The highest BCUT2D eigenvalue weighted by molar-refractivity contribution is 5.68. The van der Waals surface area contributed by atoms with Gasteiger partial charge in [-0.25, -0.2) is 0 Å². The Kier molecular flexibility index (Phi) is 2.73. The van der Waals surface area contributed by atoms with Crippen molar-refractivity contribution >= 4 is 5.69 Å². The SMILES string of the molecule is CN1C=CN(c2cccc(-c3ccncc3)c2)C1. The van der Waals surface area contributed by atoms with Gasteiger partial charge in [0.1, 0.15) is 0 Å². The molecule has 0 saturated heterocycles. The van der Waals surface area contributed by atoms with Gasteiger partial charge in [0, 0.05) is 37.5 Å². The molecule has 0 aliphatic carbocycles. The Balaban J connectivity index is 1.93. The zero-order valence-electron chi connectivity index (χ0n) is 10.3. The highest BCUT2D eigenvalue weighted by Gasteiger charge is 2.10. The summed E-state index contributed by atoms with van der Waals surface area (Å²) in [5.41, 5.74) is 3.63. The second kappa shape index (κ2) is 4.53. The van der Waals surface area contributed by atoms with Gasteiger partial charge in [-0.1, -0.05) is 12.1 Å². The van der Waals surface area contributed by atoms with Crippen molar-refractivity contribution in [3.8, 4) is 11.1 Å². The molecule has 1 aromatic carbocycles. The molecule has 0 fully saturated rings. The van der Waals surface area contributed by atoms with E-state index < -0.39 is 0 Å². The molecule has 0 N–H and O–H groups in total. The van der Waals surface area contributed by atoms with Crippen molar-refractivity contribution in [2.75, 3.05) is 18.6 Å². The molecule has 0 bridgehead atoms. The zero-order valence-corrected chi connectivity index (χ0v) is 10.3. The minimum atomic E-state index is 0.903. The summed E-state index contributed by atoms with van der Waals surface area (Å²) in [5, 5.41) is 0. The zero-order chi connectivity index (χ0) is 12.4. The van der Waals surface area contributed by atoms with Crippen LogP contribution in [0.15, 0.2) is 61.2 Å². The maximum atomic E-state index is 4.05. The molecule has 0 spiro atoms. The third-order valence-electron chi connectivity index (χ3n) is 3.07. The summed E-state index contributed by atoms with van der Waals surface area (Å²) in [6.45, 7) is 0.903. The van der Waals surface area contributed by atoms with E-state index in [1.807, 2.05) is 24.5 Å². The molecule has 3 rings (SSSR count). The van der Waals surface area contributed by atoms with Gasteiger partial charge in [-0.05, 0) is 35.4 Å². The van der Waals surface area contributed by atoms with E-state index in [9.17, 15) is 0 Å². The number of nitrogens with zero attached hydrogens (tertiary/aromatic N) is 3. The largest absolute Gasteiger partial charge is 0.361 e. The van der Waals surface area contributed by atoms with Gasteiger partial charge in [0.05, 0.1) is 6.67 Å². The van der Waals surface area contributed by atoms with Crippen molar-refractivity contribution in [1.82, 2.24) is 9.88 Å². The van der Waals surface area contributed by atoms with Crippen LogP contribution in [0.5, 0.6) is 0 Å². The summed E-state index contributed by atoms with van der Waals surface area (Å²) in [6.07, 6.45) is 7.84. The first-order valence-electron chi connectivity index (χ1n) is 5.98. The van der Waals surface area contributed by atoms with Crippen LogP contribution in [0, 0.1) is 0 Å². The van der Waals surface area contributed by atoms with Crippen molar-refractivity contribution in [1.29, 1.82) is 0 Å². The fourth-order valence-electron chi connectivity index (χ4n) is 2.11. The molecule has 2 aromatic rings. The summed E-state index contributed by atoms with van der Waals surface area (Å²) in [7, 11) is 2.07. The Hall–Kier alpha value is -2.29. The van der Waals surface area contributed by atoms with Crippen LogP contribution in [0.2, 0.25) is 0 Å². The van der Waals surface area contributed by atoms with Crippen LogP contribution in [-0.4, -0.2) is 23.6 Å². The van der Waals surface area contributed by atoms with Gasteiger partial charge >= 0.3 is 0 Å². The highest BCUT2D eigenvalue weighted by atomic mass is 15.3. The van der Waals surface area contributed by atoms with Gasteiger partial charge in [-0.2, -0.15) is 0 Å². The van der Waals surface area contributed by atoms with Crippen molar-refractivity contribution < 1.29 is 0 Å².